The molecule has 1 saturated heterocycles. The first-order valence-corrected chi connectivity index (χ1v) is 6.79. The van der Waals surface area contributed by atoms with Crippen molar-refractivity contribution in [2.24, 2.45) is 5.73 Å². The molecule has 0 atom stereocenters. The maximum absolute atomic E-state index is 12.1. The van der Waals surface area contributed by atoms with Gasteiger partial charge in [0.05, 0.1) is 18.0 Å². The molecule has 3 N–H and O–H groups in total. The summed E-state index contributed by atoms with van der Waals surface area (Å²) in [7, 11) is -3.66. The average molecular weight is 270 g/mol. The van der Waals surface area contributed by atoms with Crippen molar-refractivity contribution >= 4 is 15.9 Å². The molecule has 0 aromatic heterocycles. The molecule has 1 aromatic carbocycles. The second-order valence-electron chi connectivity index (χ2n) is 4.48. The Morgan fingerprint density at radius 1 is 1.33 bits per heavy atom. The fourth-order valence-electron chi connectivity index (χ4n) is 1.72. The molecule has 0 radical (unpaired) electrons. The van der Waals surface area contributed by atoms with E-state index in [4.69, 9.17) is 5.73 Å². The minimum absolute atomic E-state index is 0.139. The number of aliphatic hydroxyl groups is 1. The van der Waals surface area contributed by atoms with Gasteiger partial charge >= 0.3 is 0 Å². The van der Waals surface area contributed by atoms with Crippen molar-refractivity contribution < 1.29 is 18.3 Å². The summed E-state index contributed by atoms with van der Waals surface area (Å²) >= 11 is 0. The highest BCUT2D eigenvalue weighted by molar-refractivity contribution is 7.89. The number of hydrogen-bond acceptors (Lipinski definition) is 4. The standard InChI is InChI=1S/C11H14N2O4S/c1-8-2-4-9(5-3-8)18(16,17)13-6-11(15,7-13)10(12)14/h2-5,15H,6-7H2,1H3,(H2,12,14). The van der Waals surface area contributed by atoms with Crippen LogP contribution in [0.2, 0.25) is 0 Å². The van der Waals surface area contributed by atoms with E-state index in [0.29, 0.717) is 0 Å². The fraction of sp³-hybridized carbons (Fsp3) is 0.364. The number of aryl methyl sites for hydroxylation is 1. The summed E-state index contributed by atoms with van der Waals surface area (Å²) in [4.78, 5) is 11.0. The highest BCUT2D eigenvalue weighted by Crippen LogP contribution is 2.27. The van der Waals surface area contributed by atoms with Gasteiger partial charge in [-0.1, -0.05) is 17.7 Å². The minimum Gasteiger partial charge on any atom is -0.377 e. The van der Waals surface area contributed by atoms with Gasteiger partial charge in [0.2, 0.25) is 10.0 Å². The third-order valence-corrected chi connectivity index (χ3v) is 4.80. The number of hydrogen-bond donors (Lipinski definition) is 2. The lowest BCUT2D eigenvalue weighted by molar-refractivity contribution is -0.147. The number of rotatable bonds is 3. The first-order valence-electron chi connectivity index (χ1n) is 5.35. The molecule has 0 spiro atoms. The highest BCUT2D eigenvalue weighted by atomic mass is 32.2. The second-order valence-corrected chi connectivity index (χ2v) is 6.42. The predicted octanol–water partition coefficient (Wildman–Crippen LogP) is -0.784. The third-order valence-electron chi connectivity index (χ3n) is 2.99. The third kappa shape index (κ3) is 2.00. The number of benzene rings is 1. The number of sulfonamides is 1. The van der Waals surface area contributed by atoms with Crippen LogP contribution in [0, 0.1) is 6.92 Å². The van der Waals surface area contributed by atoms with Crippen molar-refractivity contribution in [1.82, 2.24) is 4.31 Å². The number of nitrogens with two attached hydrogens (primary N) is 1. The summed E-state index contributed by atoms with van der Waals surface area (Å²) in [6.45, 7) is 1.27. The van der Waals surface area contributed by atoms with Gasteiger partial charge in [0.1, 0.15) is 0 Å². The molecule has 0 unspecified atom stereocenters. The molecule has 0 bridgehead atoms. The number of β-amino-alcohol motifs (C(OH)–C–C–N with tert-alkyl or cyclic N) is 1. The van der Waals surface area contributed by atoms with E-state index in [1.165, 1.54) is 12.1 Å². The molecular formula is C11H14N2O4S. The van der Waals surface area contributed by atoms with Crippen molar-refractivity contribution in [1.29, 1.82) is 0 Å². The lowest BCUT2D eigenvalue weighted by Gasteiger charge is -2.42. The molecule has 1 aliphatic heterocycles. The van der Waals surface area contributed by atoms with E-state index in [1.54, 1.807) is 12.1 Å². The summed E-state index contributed by atoms with van der Waals surface area (Å²) in [6, 6.07) is 6.36. The number of carbonyl (C=O) groups excluding carboxylic acids is 1. The maximum atomic E-state index is 12.1. The van der Waals surface area contributed by atoms with Crippen molar-refractivity contribution in [3.8, 4) is 0 Å². The quantitative estimate of drug-likeness (QED) is 0.752. The molecule has 2 rings (SSSR count). The highest BCUT2D eigenvalue weighted by Gasteiger charge is 2.51. The molecule has 1 heterocycles. The van der Waals surface area contributed by atoms with Crippen LogP contribution in [0.5, 0.6) is 0 Å². The number of primary amides is 1. The van der Waals surface area contributed by atoms with Crippen molar-refractivity contribution in [3.05, 3.63) is 29.8 Å². The van der Waals surface area contributed by atoms with E-state index in [2.05, 4.69) is 0 Å². The zero-order valence-electron chi connectivity index (χ0n) is 9.83. The number of nitrogens with zero attached hydrogens (tertiary/aromatic N) is 1. The normalized spacial score (nSPS) is 19.2. The average Bonchev–Trinajstić information content (AvgIpc) is 2.25. The maximum Gasteiger partial charge on any atom is 0.252 e. The lowest BCUT2D eigenvalue weighted by atomic mass is 9.97. The van der Waals surface area contributed by atoms with Crippen LogP contribution in [0.4, 0.5) is 0 Å². The van der Waals surface area contributed by atoms with E-state index in [1.807, 2.05) is 6.92 Å². The van der Waals surface area contributed by atoms with Gasteiger partial charge in [-0.2, -0.15) is 4.31 Å². The van der Waals surface area contributed by atoms with Crippen molar-refractivity contribution in [3.63, 3.8) is 0 Å². The van der Waals surface area contributed by atoms with Crippen LogP contribution in [0.25, 0.3) is 0 Å². The van der Waals surface area contributed by atoms with Gasteiger partial charge in [-0.3, -0.25) is 4.79 Å². The summed E-state index contributed by atoms with van der Waals surface area (Å²) in [5.41, 5.74) is 4.20. The van der Waals surface area contributed by atoms with Gasteiger partial charge in [-0.15, -0.1) is 0 Å². The van der Waals surface area contributed by atoms with Crippen molar-refractivity contribution in [2.45, 2.75) is 17.4 Å². The summed E-state index contributed by atoms with van der Waals surface area (Å²) in [5, 5.41) is 9.63. The molecule has 0 aliphatic carbocycles. The van der Waals surface area contributed by atoms with Gasteiger partial charge in [0.15, 0.2) is 5.60 Å². The van der Waals surface area contributed by atoms with Crippen LogP contribution in [-0.2, 0) is 14.8 Å². The Labute approximate surface area is 105 Å². The number of carbonyl (C=O) groups is 1. The van der Waals surface area contributed by atoms with E-state index >= 15 is 0 Å². The molecule has 1 aromatic rings. The molecule has 98 valence electrons. The predicted molar refractivity (Wildman–Crippen MR) is 64.1 cm³/mol. The molecule has 1 fully saturated rings. The van der Waals surface area contributed by atoms with Crippen LogP contribution in [0.15, 0.2) is 29.2 Å². The zero-order chi connectivity index (χ0) is 13.6. The molecular weight excluding hydrogens is 256 g/mol. The van der Waals surface area contributed by atoms with Crippen molar-refractivity contribution in [2.75, 3.05) is 13.1 Å². The Morgan fingerprint density at radius 2 is 1.83 bits per heavy atom. The molecule has 18 heavy (non-hydrogen) atoms. The minimum atomic E-state index is -3.66. The Balaban J connectivity index is 2.20. The molecule has 1 aliphatic rings. The molecule has 0 saturated carbocycles. The largest absolute Gasteiger partial charge is 0.377 e. The summed E-state index contributed by atoms with van der Waals surface area (Å²) < 4.78 is 25.2. The van der Waals surface area contributed by atoms with Crippen LogP contribution in [0.1, 0.15) is 5.56 Å². The number of amides is 1. The monoisotopic (exact) mass is 270 g/mol. The second kappa shape index (κ2) is 4.04. The van der Waals surface area contributed by atoms with Crippen LogP contribution < -0.4 is 5.73 Å². The van der Waals surface area contributed by atoms with Gasteiger partial charge in [-0.25, -0.2) is 8.42 Å². The lowest BCUT2D eigenvalue weighted by Crippen LogP contribution is -2.68. The smallest absolute Gasteiger partial charge is 0.252 e. The van der Waals surface area contributed by atoms with Crippen LogP contribution in [0.3, 0.4) is 0 Å². The van der Waals surface area contributed by atoms with Crippen LogP contribution in [-0.4, -0.2) is 42.4 Å². The van der Waals surface area contributed by atoms with Gasteiger partial charge in [0.25, 0.3) is 5.91 Å². The van der Waals surface area contributed by atoms with E-state index < -0.39 is 21.5 Å². The molecule has 1 amide bonds. The Hall–Kier alpha value is -1.44. The first-order chi connectivity index (χ1) is 8.25. The summed E-state index contributed by atoms with van der Waals surface area (Å²) in [6.07, 6.45) is 0. The van der Waals surface area contributed by atoms with Gasteiger partial charge < -0.3 is 10.8 Å². The Kier molecular flexibility index (Phi) is 2.92. The SMILES string of the molecule is Cc1ccc(S(=O)(=O)N2CC(O)(C(N)=O)C2)cc1. The zero-order valence-corrected chi connectivity index (χ0v) is 10.6. The topological polar surface area (TPSA) is 101 Å². The molecule has 6 nitrogen and oxygen atoms in total. The Bertz CT molecular complexity index is 574. The van der Waals surface area contributed by atoms with Crippen LogP contribution >= 0.6 is 0 Å². The van der Waals surface area contributed by atoms with E-state index in [-0.39, 0.29) is 18.0 Å². The fourth-order valence-corrected chi connectivity index (χ4v) is 3.27. The van der Waals surface area contributed by atoms with Gasteiger partial charge in [0, 0.05) is 0 Å². The Morgan fingerprint density at radius 3 is 2.28 bits per heavy atom. The summed E-state index contributed by atoms with van der Waals surface area (Å²) in [5.74, 6) is -0.905. The molecule has 7 heteroatoms. The first kappa shape index (κ1) is 13.0. The van der Waals surface area contributed by atoms with E-state index in [0.717, 1.165) is 9.87 Å². The van der Waals surface area contributed by atoms with E-state index in [9.17, 15) is 18.3 Å². The van der Waals surface area contributed by atoms with Gasteiger partial charge in [-0.05, 0) is 19.1 Å².